The van der Waals surface area contributed by atoms with E-state index >= 15 is 0 Å². The van der Waals surface area contributed by atoms with Gasteiger partial charge in [-0.05, 0) is 49.2 Å². The van der Waals surface area contributed by atoms with Gasteiger partial charge in [-0.1, -0.05) is 23.7 Å². The van der Waals surface area contributed by atoms with E-state index in [1.165, 1.54) is 6.20 Å². The molecule has 0 saturated carbocycles. The number of piperidine rings is 1. The van der Waals surface area contributed by atoms with Gasteiger partial charge in [-0.15, -0.1) is 12.4 Å². The van der Waals surface area contributed by atoms with Crippen LogP contribution in [0.25, 0.3) is 0 Å². The lowest BCUT2D eigenvalue weighted by Gasteiger charge is -2.33. The maximum Gasteiger partial charge on any atom is 0.257 e. The van der Waals surface area contributed by atoms with Crippen molar-refractivity contribution in [3.63, 3.8) is 0 Å². The molecule has 3 heterocycles. The number of hydrogen-bond acceptors (Lipinski definition) is 5. The minimum absolute atomic E-state index is 0. The van der Waals surface area contributed by atoms with Crippen molar-refractivity contribution in [2.75, 3.05) is 28.6 Å². The number of carbonyl (C=O) groups is 2. The Morgan fingerprint density at radius 1 is 0.969 bits per heavy atom. The number of aromatic nitrogens is 2. The summed E-state index contributed by atoms with van der Waals surface area (Å²) >= 11 is 5.79. The van der Waals surface area contributed by atoms with Crippen molar-refractivity contribution < 1.29 is 9.59 Å². The second-order valence-corrected chi connectivity index (χ2v) is 7.71. The van der Waals surface area contributed by atoms with Crippen molar-refractivity contribution >= 4 is 52.9 Å². The van der Waals surface area contributed by atoms with Crippen LogP contribution in [0.5, 0.6) is 0 Å². The summed E-state index contributed by atoms with van der Waals surface area (Å²) in [4.78, 5) is 35.9. The SMILES string of the molecule is Cl.O=C(Nc1ccc(Cl)nc1)c1ccccc1NC(=O)C1CCN(c2ccncc2)CC1. The van der Waals surface area contributed by atoms with Gasteiger partial charge in [0.05, 0.1) is 23.1 Å². The molecule has 1 aromatic carbocycles. The Balaban J connectivity index is 0.00000289. The van der Waals surface area contributed by atoms with Crippen LogP contribution >= 0.6 is 24.0 Å². The summed E-state index contributed by atoms with van der Waals surface area (Å²) in [6.45, 7) is 1.60. The van der Waals surface area contributed by atoms with E-state index in [1.807, 2.05) is 12.1 Å². The number of halogens is 2. The number of pyridine rings is 2. The van der Waals surface area contributed by atoms with Crippen LogP contribution in [0.4, 0.5) is 17.1 Å². The van der Waals surface area contributed by atoms with Crippen LogP contribution in [-0.4, -0.2) is 34.9 Å². The van der Waals surface area contributed by atoms with E-state index in [0.29, 0.717) is 22.1 Å². The van der Waals surface area contributed by atoms with Gasteiger partial charge in [0.1, 0.15) is 5.15 Å². The minimum Gasteiger partial charge on any atom is -0.371 e. The predicted octanol–water partition coefficient (Wildman–Crippen LogP) is 4.66. The molecule has 166 valence electrons. The highest BCUT2D eigenvalue weighted by atomic mass is 35.5. The second-order valence-electron chi connectivity index (χ2n) is 7.33. The van der Waals surface area contributed by atoms with Gasteiger partial charge < -0.3 is 15.5 Å². The van der Waals surface area contributed by atoms with Gasteiger partial charge >= 0.3 is 0 Å². The average Bonchev–Trinajstić information content (AvgIpc) is 2.81. The topological polar surface area (TPSA) is 87.2 Å². The number of amides is 2. The van der Waals surface area contributed by atoms with Crippen LogP contribution in [-0.2, 0) is 4.79 Å². The Kier molecular flexibility index (Phi) is 8.03. The van der Waals surface area contributed by atoms with E-state index in [9.17, 15) is 9.59 Å². The zero-order chi connectivity index (χ0) is 21.6. The van der Waals surface area contributed by atoms with Gasteiger partial charge in [-0.2, -0.15) is 0 Å². The molecule has 0 radical (unpaired) electrons. The lowest BCUT2D eigenvalue weighted by Crippen LogP contribution is -2.38. The zero-order valence-corrected chi connectivity index (χ0v) is 18.8. The van der Waals surface area contributed by atoms with Crippen LogP contribution in [0.1, 0.15) is 23.2 Å². The molecule has 0 unspecified atom stereocenters. The number of para-hydroxylation sites is 1. The summed E-state index contributed by atoms with van der Waals surface area (Å²) in [6, 6.07) is 14.2. The molecule has 0 bridgehead atoms. The molecule has 0 atom stereocenters. The van der Waals surface area contributed by atoms with E-state index in [2.05, 4.69) is 25.5 Å². The van der Waals surface area contributed by atoms with E-state index in [1.54, 1.807) is 48.8 Å². The number of benzene rings is 1. The first-order valence-electron chi connectivity index (χ1n) is 10.1. The molecule has 7 nitrogen and oxygen atoms in total. The molecule has 2 N–H and O–H groups in total. The van der Waals surface area contributed by atoms with Crippen molar-refractivity contribution in [2.45, 2.75) is 12.8 Å². The highest BCUT2D eigenvalue weighted by Gasteiger charge is 2.26. The van der Waals surface area contributed by atoms with Crippen LogP contribution in [0.15, 0.2) is 67.1 Å². The summed E-state index contributed by atoms with van der Waals surface area (Å²) in [5.41, 5.74) is 2.52. The highest BCUT2D eigenvalue weighted by molar-refractivity contribution is 6.29. The molecule has 1 fully saturated rings. The van der Waals surface area contributed by atoms with E-state index < -0.39 is 0 Å². The Morgan fingerprint density at radius 2 is 1.69 bits per heavy atom. The van der Waals surface area contributed by atoms with Crippen molar-refractivity contribution in [3.05, 3.63) is 77.8 Å². The second kappa shape index (κ2) is 10.9. The van der Waals surface area contributed by atoms with Crippen molar-refractivity contribution in [1.29, 1.82) is 0 Å². The quantitative estimate of drug-likeness (QED) is 0.528. The number of hydrogen-bond donors (Lipinski definition) is 2. The fraction of sp³-hybridized carbons (Fsp3) is 0.217. The highest BCUT2D eigenvalue weighted by Crippen LogP contribution is 2.25. The smallest absolute Gasteiger partial charge is 0.257 e. The molecule has 0 aliphatic carbocycles. The first-order chi connectivity index (χ1) is 15.1. The van der Waals surface area contributed by atoms with Crippen LogP contribution in [0.2, 0.25) is 5.15 Å². The van der Waals surface area contributed by atoms with Gasteiger partial charge in [-0.3, -0.25) is 14.6 Å². The third kappa shape index (κ3) is 5.75. The number of nitrogens with zero attached hydrogens (tertiary/aromatic N) is 3. The zero-order valence-electron chi connectivity index (χ0n) is 17.2. The van der Waals surface area contributed by atoms with Crippen molar-refractivity contribution in [1.82, 2.24) is 9.97 Å². The molecule has 2 amide bonds. The van der Waals surface area contributed by atoms with Gasteiger partial charge in [0.25, 0.3) is 5.91 Å². The first kappa shape index (κ1) is 23.5. The van der Waals surface area contributed by atoms with Gasteiger partial charge in [-0.25, -0.2) is 4.98 Å². The van der Waals surface area contributed by atoms with Crippen LogP contribution < -0.4 is 15.5 Å². The van der Waals surface area contributed by atoms with Crippen LogP contribution in [0.3, 0.4) is 0 Å². The summed E-state index contributed by atoms with van der Waals surface area (Å²) < 4.78 is 0. The number of carbonyl (C=O) groups excluding carboxylic acids is 2. The van der Waals surface area contributed by atoms with E-state index in [4.69, 9.17) is 11.6 Å². The molecule has 1 saturated heterocycles. The van der Waals surface area contributed by atoms with Gasteiger partial charge in [0, 0.05) is 37.1 Å². The number of nitrogens with one attached hydrogen (secondary N) is 2. The molecular weight excluding hydrogens is 449 g/mol. The summed E-state index contributed by atoms with van der Waals surface area (Å²) in [5.74, 6) is -0.495. The average molecular weight is 472 g/mol. The maximum absolute atomic E-state index is 12.9. The lowest BCUT2D eigenvalue weighted by molar-refractivity contribution is -0.120. The summed E-state index contributed by atoms with van der Waals surface area (Å²) in [5, 5.41) is 6.07. The molecule has 1 aliphatic heterocycles. The fourth-order valence-corrected chi connectivity index (χ4v) is 3.74. The van der Waals surface area contributed by atoms with E-state index in [-0.39, 0.29) is 30.1 Å². The lowest BCUT2D eigenvalue weighted by atomic mass is 9.95. The molecular formula is C23H23Cl2N5O2. The predicted molar refractivity (Wildman–Crippen MR) is 129 cm³/mol. The Labute approximate surface area is 197 Å². The van der Waals surface area contributed by atoms with Crippen molar-refractivity contribution in [3.8, 4) is 0 Å². The molecule has 32 heavy (non-hydrogen) atoms. The van der Waals surface area contributed by atoms with Crippen molar-refractivity contribution in [2.24, 2.45) is 5.92 Å². The number of anilines is 3. The largest absolute Gasteiger partial charge is 0.371 e. The summed E-state index contributed by atoms with van der Waals surface area (Å²) in [6.07, 6.45) is 6.53. The summed E-state index contributed by atoms with van der Waals surface area (Å²) in [7, 11) is 0. The molecule has 1 aliphatic rings. The van der Waals surface area contributed by atoms with Crippen LogP contribution in [0, 0.1) is 5.92 Å². The molecule has 0 spiro atoms. The Hall–Kier alpha value is -3.16. The molecule has 3 aromatic rings. The minimum atomic E-state index is -0.326. The monoisotopic (exact) mass is 471 g/mol. The standard InChI is InChI=1S/C23H22ClN5O2.ClH/c24-21-6-5-17(15-26-21)27-23(31)19-3-1-2-4-20(19)28-22(30)16-9-13-29(14-10-16)18-7-11-25-12-8-18;/h1-8,11-12,15-16H,9-10,13-14H2,(H,27,31)(H,28,30);1H. The van der Waals surface area contributed by atoms with Gasteiger partial charge in [0.15, 0.2) is 0 Å². The number of rotatable bonds is 5. The van der Waals surface area contributed by atoms with Gasteiger partial charge in [0.2, 0.25) is 5.91 Å². The maximum atomic E-state index is 12.9. The third-order valence-corrected chi connectivity index (χ3v) is 5.53. The van der Waals surface area contributed by atoms with E-state index in [0.717, 1.165) is 31.6 Å². The first-order valence-corrected chi connectivity index (χ1v) is 10.5. The molecule has 2 aromatic heterocycles. The Bertz CT molecular complexity index is 1060. The normalized spacial score (nSPS) is 13.7. The fourth-order valence-electron chi connectivity index (χ4n) is 3.63. The Morgan fingerprint density at radius 3 is 2.38 bits per heavy atom. The molecule has 9 heteroatoms. The third-order valence-electron chi connectivity index (χ3n) is 5.31. The molecule has 4 rings (SSSR count).